The summed E-state index contributed by atoms with van der Waals surface area (Å²) < 4.78 is 10.8. The monoisotopic (exact) mass is 331 g/mol. The molecule has 2 unspecified atom stereocenters. The Morgan fingerprint density at radius 2 is 2.04 bits per heavy atom. The molecule has 3 rings (SSSR count). The third kappa shape index (κ3) is 3.89. The molecule has 1 amide bonds. The topological polar surface area (TPSA) is 59.8 Å². The van der Waals surface area contributed by atoms with Gasteiger partial charge in [0.05, 0.1) is 12.5 Å². The summed E-state index contributed by atoms with van der Waals surface area (Å²) in [5.41, 5.74) is 0. The third-order valence-electron chi connectivity index (χ3n) is 4.94. The second kappa shape index (κ2) is 7.24. The molecule has 0 spiro atoms. The van der Waals surface area contributed by atoms with Gasteiger partial charge in [0, 0.05) is 25.1 Å². The third-order valence-corrected chi connectivity index (χ3v) is 4.94. The standard InChI is InChI=1S/C19H25NO4/c1-3-23-19(22)14-8-10-20(11-9-14)18(21)7-5-15-4-6-17(24-15)16-12-13(16)2/h4-7,13-14,16H,3,8-12H2,1-2H3/b7-5+. The number of rotatable bonds is 5. The number of likely N-dealkylation sites (tertiary alicyclic amines) is 1. The van der Waals surface area contributed by atoms with E-state index < -0.39 is 0 Å². The van der Waals surface area contributed by atoms with Gasteiger partial charge in [-0.1, -0.05) is 6.92 Å². The second-order valence-corrected chi connectivity index (χ2v) is 6.74. The molecule has 5 heteroatoms. The normalized spacial score (nSPS) is 24.3. The molecule has 1 aliphatic carbocycles. The minimum Gasteiger partial charge on any atom is -0.466 e. The maximum atomic E-state index is 12.3. The lowest BCUT2D eigenvalue weighted by molar-refractivity contribution is -0.150. The van der Waals surface area contributed by atoms with Crippen LogP contribution in [0.2, 0.25) is 0 Å². The predicted octanol–water partition coefficient (Wildman–Crippen LogP) is 3.22. The van der Waals surface area contributed by atoms with E-state index in [0.29, 0.717) is 44.4 Å². The van der Waals surface area contributed by atoms with E-state index in [1.165, 1.54) is 6.42 Å². The Labute approximate surface area is 142 Å². The molecular formula is C19H25NO4. The van der Waals surface area contributed by atoms with Crippen LogP contribution in [0.5, 0.6) is 0 Å². The summed E-state index contributed by atoms with van der Waals surface area (Å²) in [6, 6.07) is 3.92. The van der Waals surface area contributed by atoms with Gasteiger partial charge < -0.3 is 14.1 Å². The molecule has 5 nitrogen and oxygen atoms in total. The van der Waals surface area contributed by atoms with E-state index in [1.807, 2.05) is 19.1 Å². The number of furan rings is 1. The summed E-state index contributed by atoms with van der Waals surface area (Å²) in [6.45, 7) is 5.62. The van der Waals surface area contributed by atoms with Crippen LogP contribution in [-0.2, 0) is 14.3 Å². The summed E-state index contributed by atoms with van der Waals surface area (Å²) in [5, 5.41) is 0. The van der Waals surface area contributed by atoms with Crippen LogP contribution in [0.1, 0.15) is 50.5 Å². The first-order chi connectivity index (χ1) is 11.6. The summed E-state index contributed by atoms with van der Waals surface area (Å²) in [7, 11) is 0. The van der Waals surface area contributed by atoms with Gasteiger partial charge in [-0.15, -0.1) is 0 Å². The number of ether oxygens (including phenoxy) is 1. The molecule has 1 aromatic heterocycles. The first-order valence-electron chi connectivity index (χ1n) is 8.81. The van der Waals surface area contributed by atoms with Crippen LogP contribution >= 0.6 is 0 Å². The molecule has 2 aliphatic rings. The van der Waals surface area contributed by atoms with Crippen molar-refractivity contribution in [3.63, 3.8) is 0 Å². The number of esters is 1. The minimum atomic E-state index is -0.141. The highest BCUT2D eigenvalue weighted by Gasteiger charge is 2.36. The van der Waals surface area contributed by atoms with Crippen LogP contribution in [0.15, 0.2) is 22.6 Å². The number of piperidine rings is 1. The van der Waals surface area contributed by atoms with Crippen molar-refractivity contribution in [2.24, 2.45) is 11.8 Å². The van der Waals surface area contributed by atoms with Crippen molar-refractivity contribution in [2.75, 3.05) is 19.7 Å². The molecule has 2 fully saturated rings. The summed E-state index contributed by atoms with van der Waals surface area (Å²) in [6.07, 6.45) is 5.82. The molecule has 0 N–H and O–H groups in total. The maximum absolute atomic E-state index is 12.3. The van der Waals surface area contributed by atoms with Crippen molar-refractivity contribution < 1.29 is 18.7 Å². The van der Waals surface area contributed by atoms with Crippen molar-refractivity contribution in [3.05, 3.63) is 29.7 Å². The van der Waals surface area contributed by atoms with Crippen LogP contribution in [-0.4, -0.2) is 36.5 Å². The van der Waals surface area contributed by atoms with E-state index in [0.717, 1.165) is 11.5 Å². The molecular weight excluding hydrogens is 306 g/mol. The van der Waals surface area contributed by atoms with E-state index in [4.69, 9.17) is 9.15 Å². The number of nitrogens with zero attached hydrogens (tertiary/aromatic N) is 1. The number of carbonyl (C=O) groups excluding carboxylic acids is 2. The lowest BCUT2D eigenvalue weighted by Crippen LogP contribution is -2.39. The lowest BCUT2D eigenvalue weighted by atomic mass is 9.97. The predicted molar refractivity (Wildman–Crippen MR) is 90.2 cm³/mol. The van der Waals surface area contributed by atoms with Crippen LogP contribution in [0.4, 0.5) is 0 Å². The molecule has 130 valence electrons. The molecule has 24 heavy (non-hydrogen) atoms. The molecule has 0 bridgehead atoms. The number of carbonyl (C=O) groups is 2. The Bertz CT molecular complexity index is 625. The molecule has 1 saturated carbocycles. The first-order valence-corrected chi connectivity index (χ1v) is 8.81. The van der Waals surface area contributed by atoms with Gasteiger partial charge >= 0.3 is 5.97 Å². The van der Waals surface area contributed by atoms with Crippen LogP contribution in [0.3, 0.4) is 0 Å². The highest BCUT2D eigenvalue weighted by molar-refractivity contribution is 5.91. The number of hydrogen-bond acceptors (Lipinski definition) is 4. The molecule has 2 heterocycles. The Morgan fingerprint density at radius 3 is 2.67 bits per heavy atom. The Balaban J connectivity index is 1.49. The molecule has 1 aliphatic heterocycles. The van der Waals surface area contributed by atoms with Gasteiger partial charge in [-0.3, -0.25) is 9.59 Å². The van der Waals surface area contributed by atoms with Crippen molar-refractivity contribution >= 4 is 18.0 Å². The van der Waals surface area contributed by atoms with Crippen LogP contribution < -0.4 is 0 Å². The highest BCUT2D eigenvalue weighted by atomic mass is 16.5. The first kappa shape index (κ1) is 16.8. The Morgan fingerprint density at radius 1 is 1.33 bits per heavy atom. The highest BCUT2D eigenvalue weighted by Crippen LogP contribution is 2.47. The van der Waals surface area contributed by atoms with E-state index in [2.05, 4.69) is 6.92 Å². The molecule has 0 radical (unpaired) electrons. The molecule has 1 saturated heterocycles. The van der Waals surface area contributed by atoms with Crippen molar-refractivity contribution in [1.82, 2.24) is 4.90 Å². The van der Waals surface area contributed by atoms with Crippen molar-refractivity contribution in [3.8, 4) is 0 Å². The van der Waals surface area contributed by atoms with Gasteiger partial charge in [-0.25, -0.2) is 0 Å². The van der Waals surface area contributed by atoms with E-state index in [-0.39, 0.29) is 17.8 Å². The average molecular weight is 331 g/mol. The van der Waals surface area contributed by atoms with E-state index >= 15 is 0 Å². The lowest BCUT2D eigenvalue weighted by Gasteiger charge is -2.30. The largest absolute Gasteiger partial charge is 0.466 e. The van der Waals surface area contributed by atoms with Crippen molar-refractivity contribution in [1.29, 1.82) is 0 Å². The second-order valence-electron chi connectivity index (χ2n) is 6.74. The molecule has 2 atom stereocenters. The van der Waals surface area contributed by atoms with Crippen LogP contribution in [0.25, 0.3) is 6.08 Å². The fourth-order valence-corrected chi connectivity index (χ4v) is 3.23. The Hall–Kier alpha value is -2.04. The van der Waals surface area contributed by atoms with E-state index in [1.54, 1.807) is 17.1 Å². The molecule has 0 aromatic carbocycles. The zero-order chi connectivity index (χ0) is 17.1. The summed E-state index contributed by atoms with van der Waals surface area (Å²) in [5.74, 6) is 2.74. The van der Waals surface area contributed by atoms with Crippen molar-refractivity contribution in [2.45, 2.75) is 39.0 Å². The number of hydrogen-bond donors (Lipinski definition) is 0. The quantitative estimate of drug-likeness (QED) is 0.614. The SMILES string of the molecule is CCOC(=O)C1CCN(C(=O)/C=C/c2ccc(C3CC3C)o2)CC1. The van der Waals surface area contributed by atoms with E-state index in [9.17, 15) is 9.59 Å². The minimum absolute atomic E-state index is 0.0324. The Kier molecular flexibility index (Phi) is 5.07. The zero-order valence-electron chi connectivity index (χ0n) is 14.4. The van der Waals surface area contributed by atoms with Gasteiger partial charge in [0.25, 0.3) is 0 Å². The fourth-order valence-electron chi connectivity index (χ4n) is 3.23. The van der Waals surface area contributed by atoms with Gasteiger partial charge in [0.1, 0.15) is 11.5 Å². The van der Waals surface area contributed by atoms with Gasteiger partial charge in [0.15, 0.2) is 0 Å². The molecule has 1 aromatic rings. The summed E-state index contributed by atoms with van der Waals surface area (Å²) in [4.78, 5) is 25.8. The smallest absolute Gasteiger partial charge is 0.309 e. The maximum Gasteiger partial charge on any atom is 0.309 e. The summed E-state index contributed by atoms with van der Waals surface area (Å²) >= 11 is 0. The van der Waals surface area contributed by atoms with Gasteiger partial charge in [0.2, 0.25) is 5.91 Å². The zero-order valence-corrected chi connectivity index (χ0v) is 14.4. The fraction of sp³-hybridized carbons (Fsp3) is 0.579. The number of amides is 1. The van der Waals surface area contributed by atoms with Gasteiger partial charge in [-0.2, -0.15) is 0 Å². The average Bonchev–Trinajstić information content (AvgIpc) is 3.13. The van der Waals surface area contributed by atoms with Gasteiger partial charge in [-0.05, 0) is 50.3 Å². The van der Waals surface area contributed by atoms with Crippen LogP contribution in [0, 0.1) is 11.8 Å².